The Kier molecular flexibility index (Phi) is 5.76. The molecular formula is C16H17ClN2O5S2. The Morgan fingerprint density at radius 1 is 1.00 bits per heavy atom. The average Bonchev–Trinajstić information content (AvgIpc) is 2.56. The third kappa shape index (κ3) is 4.24. The molecule has 0 bridgehead atoms. The van der Waals surface area contributed by atoms with E-state index in [1.165, 1.54) is 57.4 Å². The topological polar surface area (TPSA) is 101 Å². The normalized spacial score (nSPS) is 12.2. The number of Topliss-reactive ketones (excluding diaryl/α,β-unsaturated/α-hetero) is 1. The van der Waals surface area contributed by atoms with Crippen LogP contribution in [-0.4, -0.2) is 41.0 Å². The van der Waals surface area contributed by atoms with E-state index in [1.807, 2.05) is 0 Å². The van der Waals surface area contributed by atoms with Crippen molar-refractivity contribution in [2.24, 2.45) is 0 Å². The first kappa shape index (κ1) is 20.4. The van der Waals surface area contributed by atoms with Gasteiger partial charge in [-0.1, -0.05) is 23.7 Å². The zero-order chi connectivity index (χ0) is 19.7. The summed E-state index contributed by atoms with van der Waals surface area (Å²) in [5.41, 5.74) is 0.431. The SMILES string of the molecule is CC(=O)c1ccc(S(=O)(=O)Nc2ccc(Cl)c(S(=O)(=O)N(C)C)c2)cc1. The van der Waals surface area contributed by atoms with Gasteiger partial charge < -0.3 is 0 Å². The highest BCUT2D eigenvalue weighted by molar-refractivity contribution is 7.92. The number of carbonyl (C=O) groups excluding carboxylic acids is 1. The van der Waals surface area contributed by atoms with Gasteiger partial charge in [0.2, 0.25) is 10.0 Å². The molecule has 2 aromatic rings. The summed E-state index contributed by atoms with van der Waals surface area (Å²) in [4.78, 5) is 11.0. The van der Waals surface area contributed by atoms with E-state index in [4.69, 9.17) is 11.6 Å². The third-order valence-electron chi connectivity index (χ3n) is 3.51. The van der Waals surface area contributed by atoms with Crippen molar-refractivity contribution in [3.63, 3.8) is 0 Å². The van der Waals surface area contributed by atoms with Crippen molar-refractivity contribution in [3.8, 4) is 0 Å². The van der Waals surface area contributed by atoms with E-state index in [0.29, 0.717) is 5.56 Å². The number of halogens is 1. The second-order valence-corrected chi connectivity index (χ2v) is 9.83. The summed E-state index contributed by atoms with van der Waals surface area (Å²) in [6, 6.07) is 9.21. The van der Waals surface area contributed by atoms with Crippen LogP contribution in [0.1, 0.15) is 17.3 Å². The number of rotatable bonds is 6. The zero-order valence-electron chi connectivity index (χ0n) is 14.2. The first-order valence-electron chi connectivity index (χ1n) is 7.31. The van der Waals surface area contributed by atoms with Gasteiger partial charge >= 0.3 is 0 Å². The molecule has 7 nitrogen and oxygen atoms in total. The van der Waals surface area contributed by atoms with Crippen molar-refractivity contribution in [2.75, 3.05) is 18.8 Å². The van der Waals surface area contributed by atoms with Gasteiger partial charge in [0.15, 0.2) is 5.78 Å². The maximum atomic E-state index is 12.5. The van der Waals surface area contributed by atoms with Crippen molar-refractivity contribution < 1.29 is 21.6 Å². The molecule has 0 unspecified atom stereocenters. The number of sulfonamides is 2. The molecule has 0 spiro atoms. The molecule has 0 atom stereocenters. The van der Waals surface area contributed by atoms with Gasteiger partial charge in [-0.15, -0.1) is 0 Å². The number of carbonyl (C=O) groups is 1. The highest BCUT2D eigenvalue weighted by atomic mass is 35.5. The molecule has 0 heterocycles. The van der Waals surface area contributed by atoms with Crippen LogP contribution in [0.4, 0.5) is 5.69 Å². The molecule has 0 aliphatic rings. The van der Waals surface area contributed by atoms with E-state index >= 15 is 0 Å². The first-order valence-corrected chi connectivity index (χ1v) is 10.6. The van der Waals surface area contributed by atoms with Crippen LogP contribution >= 0.6 is 11.6 Å². The number of nitrogens with zero attached hydrogens (tertiary/aromatic N) is 1. The summed E-state index contributed by atoms with van der Waals surface area (Å²) in [6.45, 7) is 1.38. The Balaban J connectivity index is 2.40. The van der Waals surface area contributed by atoms with E-state index < -0.39 is 20.0 Å². The molecule has 2 rings (SSSR count). The summed E-state index contributed by atoms with van der Waals surface area (Å²) in [7, 11) is -5.11. The van der Waals surface area contributed by atoms with Gasteiger partial charge in [0, 0.05) is 19.7 Å². The van der Waals surface area contributed by atoms with E-state index in [9.17, 15) is 21.6 Å². The summed E-state index contributed by atoms with van der Waals surface area (Å²) < 4.78 is 52.8. The lowest BCUT2D eigenvalue weighted by molar-refractivity contribution is 0.101. The van der Waals surface area contributed by atoms with Crippen LogP contribution in [-0.2, 0) is 20.0 Å². The van der Waals surface area contributed by atoms with Crippen LogP contribution in [0.15, 0.2) is 52.3 Å². The zero-order valence-corrected chi connectivity index (χ0v) is 16.6. The molecule has 0 saturated carbocycles. The first-order chi connectivity index (χ1) is 11.9. The Hall–Kier alpha value is -1.94. The van der Waals surface area contributed by atoms with E-state index in [-0.39, 0.29) is 26.3 Å². The van der Waals surface area contributed by atoms with Crippen LogP contribution in [0.3, 0.4) is 0 Å². The van der Waals surface area contributed by atoms with Gasteiger partial charge in [0.25, 0.3) is 10.0 Å². The van der Waals surface area contributed by atoms with Crippen LogP contribution in [0.2, 0.25) is 5.02 Å². The van der Waals surface area contributed by atoms with Crippen molar-refractivity contribution >= 4 is 43.1 Å². The predicted molar refractivity (Wildman–Crippen MR) is 99.6 cm³/mol. The largest absolute Gasteiger partial charge is 0.295 e. The summed E-state index contributed by atoms with van der Waals surface area (Å²) >= 11 is 5.95. The smallest absolute Gasteiger partial charge is 0.261 e. The number of nitrogens with one attached hydrogen (secondary N) is 1. The van der Waals surface area contributed by atoms with Crippen molar-refractivity contribution in [1.82, 2.24) is 4.31 Å². The maximum absolute atomic E-state index is 12.5. The molecule has 0 aliphatic carbocycles. The molecule has 0 aromatic heterocycles. The molecule has 0 saturated heterocycles. The monoisotopic (exact) mass is 416 g/mol. The fourth-order valence-electron chi connectivity index (χ4n) is 2.04. The molecule has 10 heteroatoms. The highest BCUT2D eigenvalue weighted by Crippen LogP contribution is 2.28. The highest BCUT2D eigenvalue weighted by Gasteiger charge is 2.22. The Morgan fingerprint density at radius 2 is 1.58 bits per heavy atom. The number of hydrogen-bond acceptors (Lipinski definition) is 5. The van der Waals surface area contributed by atoms with Crippen molar-refractivity contribution in [1.29, 1.82) is 0 Å². The minimum absolute atomic E-state index is 0.0209. The maximum Gasteiger partial charge on any atom is 0.261 e. The van der Waals surface area contributed by atoms with E-state index in [0.717, 1.165) is 10.4 Å². The number of hydrogen-bond donors (Lipinski definition) is 1. The van der Waals surface area contributed by atoms with Gasteiger partial charge in [-0.05, 0) is 37.3 Å². The van der Waals surface area contributed by atoms with Gasteiger partial charge in [-0.3, -0.25) is 9.52 Å². The molecule has 140 valence electrons. The van der Waals surface area contributed by atoms with Crippen molar-refractivity contribution in [2.45, 2.75) is 16.7 Å². The van der Waals surface area contributed by atoms with Gasteiger partial charge in [-0.25, -0.2) is 21.1 Å². The van der Waals surface area contributed by atoms with E-state index in [2.05, 4.69) is 4.72 Å². The minimum atomic E-state index is -3.96. The predicted octanol–water partition coefficient (Wildman–Crippen LogP) is 2.59. The van der Waals surface area contributed by atoms with Crippen LogP contribution in [0, 0.1) is 0 Å². The summed E-state index contributed by atoms with van der Waals surface area (Å²) in [6.07, 6.45) is 0. The standard InChI is InChI=1S/C16H17ClN2O5S2/c1-11(20)12-4-7-14(8-5-12)25(21,22)18-13-6-9-15(17)16(10-13)26(23,24)19(2)3/h4-10,18H,1-3H3. The third-order valence-corrected chi connectivity index (χ3v) is 7.21. The minimum Gasteiger partial charge on any atom is -0.295 e. The van der Waals surface area contributed by atoms with Gasteiger partial charge in [0.05, 0.1) is 15.6 Å². The summed E-state index contributed by atoms with van der Waals surface area (Å²) in [5.74, 6) is -0.182. The van der Waals surface area contributed by atoms with Crippen LogP contribution < -0.4 is 4.72 Å². The van der Waals surface area contributed by atoms with Crippen LogP contribution in [0.25, 0.3) is 0 Å². The number of ketones is 1. The lowest BCUT2D eigenvalue weighted by Gasteiger charge is -2.15. The van der Waals surface area contributed by atoms with Gasteiger partial charge in [-0.2, -0.15) is 0 Å². The quantitative estimate of drug-likeness (QED) is 0.729. The number of benzene rings is 2. The lowest BCUT2D eigenvalue weighted by Crippen LogP contribution is -2.23. The molecular weight excluding hydrogens is 400 g/mol. The molecule has 0 aliphatic heterocycles. The molecule has 1 N–H and O–H groups in total. The fraction of sp³-hybridized carbons (Fsp3) is 0.188. The second kappa shape index (κ2) is 7.36. The lowest BCUT2D eigenvalue weighted by atomic mass is 10.2. The molecule has 0 radical (unpaired) electrons. The van der Waals surface area contributed by atoms with E-state index in [1.54, 1.807) is 0 Å². The van der Waals surface area contributed by atoms with Crippen LogP contribution in [0.5, 0.6) is 0 Å². The average molecular weight is 417 g/mol. The fourth-order valence-corrected chi connectivity index (χ4v) is 4.49. The number of anilines is 1. The van der Waals surface area contributed by atoms with Gasteiger partial charge in [0.1, 0.15) is 4.90 Å². The Bertz CT molecular complexity index is 1050. The molecule has 0 amide bonds. The Labute approximate surface area is 157 Å². The molecule has 0 fully saturated rings. The molecule has 2 aromatic carbocycles. The van der Waals surface area contributed by atoms with Crippen molar-refractivity contribution in [3.05, 3.63) is 53.1 Å². The molecule has 26 heavy (non-hydrogen) atoms. The summed E-state index contributed by atoms with van der Waals surface area (Å²) in [5, 5.41) is -0.0209. The second-order valence-electron chi connectivity index (χ2n) is 5.62. The Morgan fingerprint density at radius 3 is 2.08 bits per heavy atom.